The molecule has 0 saturated carbocycles. The van der Waals surface area contributed by atoms with Crippen LogP contribution in [0.4, 0.5) is 4.79 Å². The average Bonchev–Trinajstić information content (AvgIpc) is 3.96. The first-order chi connectivity index (χ1) is 30.2. The second-order valence-corrected chi connectivity index (χ2v) is 16.7. The van der Waals surface area contributed by atoms with Crippen molar-refractivity contribution in [3.05, 3.63) is 64.7 Å². The number of esters is 1. The number of nitrogens with zero attached hydrogens (tertiary/aromatic N) is 2. The van der Waals surface area contributed by atoms with E-state index >= 15 is 0 Å². The maximum atomic E-state index is 13.5. The fourth-order valence-corrected chi connectivity index (χ4v) is 7.49. The third-order valence-electron chi connectivity index (χ3n) is 11.5. The number of carbonyl (C=O) groups is 7. The Kier molecular flexibility index (Phi) is 20.5. The highest BCUT2D eigenvalue weighted by Crippen LogP contribution is 2.48. The van der Waals surface area contributed by atoms with Gasteiger partial charge in [-0.1, -0.05) is 54.8 Å². The standard InChI is InChI=1S/C45H64ClN5O13/c1-28(23-31-19-20-32(46)33(24-31)60-8)15-13-16-35(61-9)45(59)26-34(62-43(58)49-45)29(2)41-44(4,64-41)36(25-38(54)47-5)63-42(57)30(3)51(7)40(56)27-48-37(53)17-11-10-12-21-50(6)39(55)18-14-22-52/h13-16,18-20,22,24,29-30,34-36,41,59H,10-12,17,21,23,25-27H2,1-9H3,(H,47,54)(H,48,53)(H,49,58)/b16-13+,18-14-,28-15+. The van der Waals surface area contributed by atoms with Crippen LogP contribution in [0.15, 0.2) is 54.2 Å². The first-order valence-corrected chi connectivity index (χ1v) is 21.5. The maximum Gasteiger partial charge on any atom is 0.409 e. The molecule has 19 heteroatoms. The molecule has 2 aliphatic rings. The van der Waals surface area contributed by atoms with Crippen molar-refractivity contribution in [1.82, 2.24) is 25.8 Å². The number of hydrogen-bond donors (Lipinski definition) is 4. The molecule has 354 valence electrons. The summed E-state index contributed by atoms with van der Waals surface area (Å²) in [5, 5.41) is 19.9. The number of hydrogen-bond acceptors (Lipinski definition) is 13. The van der Waals surface area contributed by atoms with Crippen molar-refractivity contribution in [2.24, 2.45) is 5.92 Å². The van der Waals surface area contributed by atoms with Gasteiger partial charge in [-0.15, -0.1) is 0 Å². The van der Waals surface area contributed by atoms with Gasteiger partial charge in [0.25, 0.3) is 0 Å². The fourth-order valence-electron chi connectivity index (χ4n) is 7.30. The molecule has 0 bridgehead atoms. The number of halogens is 1. The van der Waals surface area contributed by atoms with E-state index in [2.05, 4.69) is 16.0 Å². The van der Waals surface area contributed by atoms with Crippen LogP contribution < -0.4 is 20.7 Å². The summed E-state index contributed by atoms with van der Waals surface area (Å²) in [6.45, 7) is 6.90. The zero-order valence-electron chi connectivity index (χ0n) is 38.1. The van der Waals surface area contributed by atoms with Crippen LogP contribution in [-0.2, 0) is 54.1 Å². The second kappa shape index (κ2) is 24.7. The predicted octanol–water partition coefficient (Wildman–Crippen LogP) is 3.17. The molecule has 2 fully saturated rings. The van der Waals surface area contributed by atoms with Crippen molar-refractivity contribution in [2.75, 3.05) is 48.5 Å². The molecule has 18 nitrogen and oxygen atoms in total. The van der Waals surface area contributed by atoms with E-state index in [4.69, 9.17) is 35.3 Å². The Morgan fingerprint density at radius 2 is 1.81 bits per heavy atom. The van der Waals surface area contributed by atoms with Gasteiger partial charge in [0.1, 0.15) is 42.0 Å². The highest BCUT2D eigenvalue weighted by atomic mass is 35.5. The lowest BCUT2D eigenvalue weighted by Crippen LogP contribution is -2.63. The van der Waals surface area contributed by atoms with E-state index in [0.29, 0.717) is 49.3 Å². The van der Waals surface area contributed by atoms with Gasteiger partial charge in [-0.3, -0.25) is 29.3 Å². The number of likely N-dealkylation sites (N-methyl/N-ethyl adjacent to an activating group) is 2. The van der Waals surface area contributed by atoms with Gasteiger partial charge in [-0.05, 0) is 63.8 Å². The van der Waals surface area contributed by atoms with Gasteiger partial charge in [0.2, 0.25) is 23.6 Å². The van der Waals surface area contributed by atoms with Crippen molar-refractivity contribution in [2.45, 2.75) is 114 Å². The van der Waals surface area contributed by atoms with E-state index in [-0.39, 0.29) is 37.6 Å². The molecule has 8 unspecified atom stereocenters. The van der Waals surface area contributed by atoms with Gasteiger partial charge < -0.3 is 49.2 Å². The second-order valence-electron chi connectivity index (χ2n) is 16.3. The lowest BCUT2D eigenvalue weighted by molar-refractivity contribution is -0.162. The minimum atomic E-state index is -1.88. The third-order valence-corrected chi connectivity index (χ3v) is 11.8. The van der Waals surface area contributed by atoms with Crippen LogP contribution >= 0.6 is 11.6 Å². The molecule has 8 atom stereocenters. The van der Waals surface area contributed by atoms with Crippen LogP contribution in [0, 0.1) is 5.92 Å². The number of unbranched alkanes of at least 4 members (excludes halogenated alkanes) is 2. The van der Waals surface area contributed by atoms with E-state index < -0.39 is 71.6 Å². The quantitative estimate of drug-likeness (QED) is 0.0276. The Balaban J connectivity index is 1.59. The Hall–Kier alpha value is -5.30. The minimum absolute atomic E-state index is 0.103. The topological polar surface area (TPSA) is 232 Å². The van der Waals surface area contributed by atoms with Crippen molar-refractivity contribution in [3.63, 3.8) is 0 Å². The van der Waals surface area contributed by atoms with Gasteiger partial charge in [-0.25, -0.2) is 9.59 Å². The molecule has 0 aromatic heterocycles. The summed E-state index contributed by atoms with van der Waals surface area (Å²) >= 11 is 6.16. The molecule has 5 amide bonds. The van der Waals surface area contributed by atoms with Gasteiger partial charge in [0, 0.05) is 59.6 Å². The van der Waals surface area contributed by atoms with Crippen LogP contribution in [0.2, 0.25) is 5.02 Å². The van der Waals surface area contributed by atoms with Gasteiger partial charge in [-0.2, -0.15) is 0 Å². The number of methoxy groups -OCH3 is 2. The fraction of sp³-hybridized carbons (Fsp3) is 0.578. The Morgan fingerprint density at radius 1 is 1.09 bits per heavy atom. The Morgan fingerprint density at radius 3 is 2.47 bits per heavy atom. The summed E-state index contributed by atoms with van der Waals surface area (Å²) in [4.78, 5) is 89.4. The molecule has 0 radical (unpaired) electrons. The SMILES string of the molecule is CNC(=O)CC(OC(=O)C(C)N(C)C(=O)CNC(=O)CCCCCN(C)C(=O)/C=C\C=O)C1(C)OC1C(C)C1CC(O)(C(/C=C/C=C(\C)Cc2ccc(Cl)c(OC)c2)OC)NC(=O)O1. The molecule has 0 aliphatic carbocycles. The zero-order chi connectivity index (χ0) is 47.8. The number of carbonyl (C=O) groups excluding carboxylic acids is 7. The number of aldehydes is 1. The highest BCUT2D eigenvalue weighted by molar-refractivity contribution is 6.32. The van der Waals surface area contributed by atoms with Crippen LogP contribution in [0.3, 0.4) is 0 Å². The number of cyclic esters (lactones) is 1. The molecular weight excluding hydrogens is 854 g/mol. The summed E-state index contributed by atoms with van der Waals surface area (Å²) in [6, 6.07) is 4.41. The number of benzene rings is 1. The number of alkyl carbamates (subject to hydrolysis) is 1. The van der Waals surface area contributed by atoms with Crippen molar-refractivity contribution < 1.29 is 62.4 Å². The highest BCUT2D eigenvalue weighted by Gasteiger charge is 2.64. The molecule has 1 aromatic carbocycles. The molecule has 3 rings (SSSR count). The lowest BCUT2D eigenvalue weighted by Gasteiger charge is -2.42. The number of allylic oxidation sites excluding steroid dienone is 4. The van der Waals surface area contributed by atoms with Gasteiger partial charge in [0.05, 0.1) is 31.2 Å². The van der Waals surface area contributed by atoms with Crippen molar-refractivity contribution in [3.8, 4) is 5.75 Å². The van der Waals surface area contributed by atoms with Gasteiger partial charge >= 0.3 is 12.1 Å². The molecular formula is C45H64ClN5O13. The minimum Gasteiger partial charge on any atom is -0.495 e. The Bertz CT molecular complexity index is 1930. The predicted molar refractivity (Wildman–Crippen MR) is 236 cm³/mol. The number of ether oxygens (including phenoxy) is 5. The normalized spacial score (nSPS) is 22.6. The summed E-state index contributed by atoms with van der Waals surface area (Å²) in [5.74, 6) is -2.48. The monoisotopic (exact) mass is 917 g/mol. The number of epoxide rings is 1. The van der Waals surface area contributed by atoms with E-state index in [1.807, 2.05) is 25.1 Å². The molecule has 64 heavy (non-hydrogen) atoms. The Labute approximate surface area is 380 Å². The average molecular weight is 918 g/mol. The van der Waals surface area contributed by atoms with Crippen LogP contribution in [0.1, 0.15) is 71.8 Å². The largest absolute Gasteiger partial charge is 0.495 e. The van der Waals surface area contributed by atoms with E-state index in [1.54, 1.807) is 46.2 Å². The summed E-state index contributed by atoms with van der Waals surface area (Å²) in [6.07, 6.45) is 5.65. The summed E-state index contributed by atoms with van der Waals surface area (Å²) in [5.41, 5.74) is -1.13. The number of aliphatic hydroxyl groups is 1. The third kappa shape index (κ3) is 15.2. The maximum absolute atomic E-state index is 13.5. The van der Waals surface area contributed by atoms with E-state index in [1.165, 1.54) is 39.1 Å². The smallest absolute Gasteiger partial charge is 0.409 e. The van der Waals surface area contributed by atoms with Crippen LogP contribution in [-0.4, -0.2) is 147 Å². The summed E-state index contributed by atoms with van der Waals surface area (Å²) in [7, 11) is 7.39. The molecule has 2 heterocycles. The zero-order valence-corrected chi connectivity index (χ0v) is 38.9. The van der Waals surface area contributed by atoms with E-state index in [0.717, 1.165) is 22.1 Å². The molecule has 1 aromatic rings. The van der Waals surface area contributed by atoms with Gasteiger partial charge in [0.15, 0.2) is 5.72 Å². The van der Waals surface area contributed by atoms with Crippen molar-refractivity contribution in [1.29, 1.82) is 0 Å². The first kappa shape index (κ1) is 53.0. The number of rotatable bonds is 25. The molecule has 2 aliphatic heterocycles. The van der Waals surface area contributed by atoms with Crippen molar-refractivity contribution >= 4 is 53.6 Å². The number of nitrogens with one attached hydrogen (secondary N) is 3. The summed E-state index contributed by atoms with van der Waals surface area (Å²) < 4.78 is 28.6. The first-order valence-electron chi connectivity index (χ1n) is 21.1. The van der Waals surface area contributed by atoms with Crippen LogP contribution in [0.25, 0.3) is 0 Å². The lowest BCUT2D eigenvalue weighted by atomic mass is 9.83. The molecule has 2 saturated heterocycles. The van der Waals surface area contributed by atoms with E-state index in [9.17, 15) is 38.7 Å². The molecule has 4 N–H and O–H groups in total. The molecule has 0 spiro atoms. The van der Waals surface area contributed by atoms with Crippen LogP contribution in [0.5, 0.6) is 5.75 Å². The number of amides is 5.